The first-order chi connectivity index (χ1) is 19.5. The van der Waals surface area contributed by atoms with Gasteiger partial charge in [-0.3, -0.25) is 0 Å². The fraction of sp³-hybridized carbons (Fsp3) is 0.406. The van der Waals surface area contributed by atoms with Crippen molar-refractivity contribution in [1.29, 1.82) is 0 Å². The fourth-order valence-electron chi connectivity index (χ4n) is 5.94. The highest BCUT2D eigenvalue weighted by molar-refractivity contribution is 6.99. The summed E-state index contributed by atoms with van der Waals surface area (Å²) in [7, 11) is -1.45. The number of hydrogen-bond acceptors (Lipinski definition) is 6. The summed E-state index contributed by atoms with van der Waals surface area (Å²) in [6, 6.07) is 22.4. The van der Waals surface area contributed by atoms with Crippen molar-refractivity contribution in [3.63, 3.8) is 0 Å². The first-order valence-electron chi connectivity index (χ1n) is 13.9. The lowest BCUT2D eigenvalue weighted by Crippen LogP contribution is -2.66. The van der Waals surface area contributed by atoms with E-state index in [4.69, 9.17) is 25.5 Å². The Morgan fingerprint density at radius 1 is 1.05 bits per heavy atom. The van der Waals surface area contributed by atoms with Crippen LogP contribution in [0.15, 0.2) is 71.9 Å². The van der Waals surface area contributed by atoms with Gasteiger partial charge in [-0.2, -0.15) is 0 Å². The average Bonchev–Trinajstić information content (AvgIpc) is 2.94. The molecule has 1 N–H and O–H groups in total. The maximum absolute atomic E-state index is 15.9. The Balaban J connectivity index is 1.91. The number of ether oxygens (including phenoxy) is 2. The molecular weight excluding hydrogens is 559 g/mol. The lowest BCUT2D eigenvalue weighted by molar-refractivity contribution is -0.00532. The maximum atomic E-state index is 15.9. The molecule has 0 spiro atoms. The monoisotopic (exact) mass is 598 g/mol. The van der Waals surface area contributed by atoms with Crippen LogP contribution in [0.3, 0.4) is 0 Å². The Hall–Kier alpha value is -2.75. The van der Waals surface area contributed by atoms with Gasteiger partial charge >= 0.3 is 0 Å². The topological polar surface area (TPSA) is 63.5 Å². The van der Waals surface area contributed by atoms with Crippen molar-refractivity contribution in [2.75, 3.05) is 31.7 Å². The van der Waals surface area contributed by atoms with Crippen LogP contribution < -0.4 is 15.3 Å². The predicted molar refractivity (Wildman–Crippen MR) is 166 cm³/mol. The van der Waals surface area contributed by atoms with Crippen LogP contribution in [0.5, 0.6) is 0 Å². The number of rotatable bonds is 9. The molecule has 1 aliphatic heterocycles. The molecule has 2 atom stereocenters. The van der Waals surface area contributed by atoms with Crippen molar-refractivity contribution in [2.24, 2.45) is 5.16 Å². The summed E-state index contributed by atoms with van der Waals surface area (Å²) < 4.78 is 34.2. The number of methoxy groups -OCH3 is 1. The van der Waals surface area contributed by atoms with Gasteiger partial charge in [0.2, 0.25) is 0 Å². The average molecular weight is 599 g/mol. The van der Waals surface area contributed by atoms with Gasteiger partial charge in [0.15, 0.2) is 5.82 Å². The third kappa shape index (κ3) is 6.37. The molecular formula is C32H40ClFN2O4Si. The molecule has 1 aliphatic rings. The summed E-state index contributed by atoms with van der Waals surface area (Å²) in [5.74, 6) is -0.660. The van der Waals surface area contributed by atoms with Crippen LogP contribution in [0.4, 0.5) is 10.1 Å². The van der Waals surface area contributed by atoms with E-state index in [9.17, 15) is 5.21 Å². The molecule has 41 heavy (non-hydrogen) atoms. The molecule has 0 radical (unpaired) electrons. The molecule has 1 saturated heterocycles. The number of benzene rings is 3. The number of hydrogen-bond donors (Lipinski definition) is 1. The number of anilines is 1. The largest absolute Gasteiger partial charge is 0.411 e. The van der Waals surface area contributed by atoms with Gasteiger partial charge in [0, 0.05) is 31.3 Å². The minimum Gasteiger partial charge on any atom is -0.411 e. The van der Waals surface area contributed by atoms with E-state index < -0.39 is 14.1 Å². The third-order valence-corrected chi connectivity index (χ3v) is 12.9. The van der Waals surface area contributed by atoms with Crippen molar-refractivity contribution < 1.29 is 23.5 Å². The second-order valence-corrected chi connectivity index (χ2v) is 16.3. The van der Waals surface area contributed by atoms with E-state index in [0.29, 0.717) is 24.3 Å². The molecule has 3 aromatic carbocycles. The molecule has 220 valence electrons. The second kappa shape index (κ2) is 13.0. The highest BCUT2D eigenvalue weighted by Gasteiger charge is 2.50. The van der Waals surface area contributed by atoms with E-state index in [0.717, 1.165) is 10.4 Å². The molecule has 6 nitrogen and oxygen atoms in total. The molecule has 9 heteroatoms. The molecule has 0 amide bonds. The predicted octanol–water partition coefficient (Wildman–Crippen LogP) is 5.99. The van der Waals surface area contributed by atoms with Crippen molar-refractivity contribution in [3.8, 4) is 0 Å². The standard InChI is InChI=1S/C32H40ClFN2O4Si/c1-22-18-36(19-23(2)40-22)31-24(17-27(30(34)29(31)33)28(35-37)21-38-6)20-39-41(32(3,4)5,25-13-9-7-10-14-25)26-15-11-8-12-16-26/h7-17,22-23,37H,18-21H2,1-6H3/b35-28-/t22-,23+. The fourth-order valence-corrected chi connectivity index (χ4v) is 10.8. The van der Waals surface area contributed by atoms with Gasteiger partial charge in [-0.15, -0.1) is 0 Å². The smallest absolute Gasteiger partial charge is 0.261 e. The minimum atomic E-state index is -2.91. The summed E-state index contributed by atoms with van der Waals surface area (Å²) in [5, 5.41) is 15.0. The first kappa shape index (κ1) is 31.2. The Morgan fingerprint density at radius 2 is 1.59 bits per heavy atom. The van der Waals surface area contributed by atoms with Crippen LogP contribution >= 0.6 is 11.6 Å². The molecule has 1 fully saturated rings. The summed E-state index contributed by atoms with van der Waals surface area (Å²) in [6.07, 6.45) is -0.128. The molecule has 0 aromatic heterocycles. The van der Waals surface area contributed by atoms with Crippen LogP contribution in [0.25, 0.3) is 0 Å². The Morgan fingerprint density at radius 3 is 2.05 bits per heavy atom. The van der Waals surface area contributed by atoms with Gasteiger partial charge in [0.1, 0.15) is 10.7 Å². The lowest BCUT2D eigenvalue weighted by Gasteiger charge is -2.43. The van der Waals surface area contributed by atoms with Gasteiger partial charge in [-0.05, 0) is 35.3 Å². The van der Waals surface area contributed by atoms with Crippen molar-refractivity contribution in [3.05, 3.63) is 88.7 Å². The summed E-state index contributed by atoms with van der Waals surface area (Å²) in [5.41, 5.74) is 1.41. The van der Waals surface area contributed by atoms with Gasteiger partial charge in [-0.1, -0.05) is 98.2 Å². The Labute approximate surface area is 248 Å². The highest BCUT2D eigenvalue weighted by atomic mass is 35.5. The molecule has 0 bridgehead atoms. The van der Waals surface area contributed by atoms with Crippen LogP contribution in [0.1, 0.15) is 45.7 Å². The van der Waals surface area contributed by atoms with E-state index in [1.807, 2.05) is 50.2 Å². The van der Waals surface area contributed by atoms with E-state index >= 15 is 4.39 Å². The number of halogens is 2. The first-order valence-corrected chi connectivity index (χ1v) is 16.2. The van der Waals surface area contributed by atoms with Gasteiger partial charge in [0.05, 0.1) is 31.1 Å². The molecule has 0 saturated carbocycles. The number of oxime groups is 1. The maximum Gasteiger partial charge on any atom is 0.261 e. The lowest BCUT2D eigenvalue weighted by atomic mass is 10.0. The Bertz CT molecular complexity index is 1300. The minimum absolute atomic E-state index is 0.0397. The zero-order valence-electron chi connectivity index (χ0n) is 24.7. The number of morpholine rings is 1. The normalized spacial score (nSPS) is 18.5. The van der Waals surface area contributed by atoms with Gasteiger partial charge in [0.25, 0.3) is 8.32 Å². The zero-order valence-corrected chi connectivity index (χ0v) is 26.4. The van der Waals surface area contributed by atoms with E-state index in [1.54, 1.807) is 6.07 Å². The second-order valence-electron chi connectivity index (χ2n) is 11.7. The van der Waals surface area contributed by atoms with E-state index in [2.05, 4.69) is 55.1 Å². The van der Waals surface area contributed by atoms with Crippen molar-refractivity contribution >= 4 is 41.7 Å². The van der Waals surface area contributed by atoms with Crippen molar-refractivity contribution in [2.45, 2.75) is 58.5 Å². The molecule has 1 heterocycles. The molecule has 0 unspecified atom stereocenters. The summed E-state index contributed by atoms with van der Waals surface area (Å²) in [4.78, 5) is 2.07. The SMILES string of the molecule is COC/C(=N/O)c1cc(CO[Si](c2ccccc2)(c2ccccc2)C(C)(C)C)c(N2C[C@@H](C)O[C@@H](C)C2)c(Cl)c1F. The quantitative estimate of drug-likeness (QED) is 0.142. The molecule has 4 rings (SSSR count). The molecule has 0 aliphatic carbocycles. The van der Waals surface area contributed by atoms with E-state index in [1.165, 1.54) is 7.11 Å². The van der Waals surface area contributed by atoms with Crippen LogP contribution in [-0.2, 0) is 20.5 Å². The van der Waals surface area contributed by atoms with Gasteiger partial charge < -0.3 is 24.0 Å². The third-order valence-electron chi connectivity index (χ3n) is 7.57. The van der Waals surface area contributed by atoms with E-state index in [-0.39, 0.29) is 46.8 Å². The summed E-state index contributed by atoms with van der Waals surface area (Å²) in [6.45, 7) is 11.8. The zero-order chi connectivity index (χ0) is 29.8. The van der Waals surface area contributed by atoms with Crippen molar-refractivity contribution in [1.82, 2.24) is 0 Å². The van der Waals surface area contributed by atoms with Gasteiger partial charge in [-0.25, -0.2) is 4.39 Å². The highest BCUT2D eigenvalue weighted by Crippen LogP contribution is 2.41. The van der Waals surface area contributed by atoms with Crippen LogP contribution in [-0.4, -0.2) is 58.3 Å². The van der Waals surface area contributed by atoms with Crippen LogP contribution in [0, 0.1) is 5.82 Å². The Kier molecular flexibility index (Phi) is 9.92. The number of nitrogens with zero attached hydrogens (tertiary/aromatic N) is 2. The summed E-state index contributed by atoms with van der Waals surface area (Å²) >= 11 is 6.83. The van der Waals surface area contributed by atoms with Crippen LogP contribution in [0.2, 0.25) is 10.1 Å². The molecule has 3 aromatic rings.